The van der Waals surface area contributed by atoms with Crippen molar-refractivity contribution < 1.29 is 14.1 Å². The van der Waals surface area contributed by atoms with Crippen molar-refractivity contribution in [2.45, 2.75) is 25.8 Å². The molecule has 1 aliphatic rings. The number of ether oxygens (including phenoxy) is 1. The van der Waals surface area contributed by atoms with E-state index in [1.54, 1.807) is 20.0 Å². The van der Waals surface area contributed by atoms with Crippen molar-refractivity contribution >= 4 is 11.5 Å². The fourth-order valence-electron chi connectivity index (χ4n) is 2.89. The zero-order valence-corrected chi connectivity index (χ0v) is 12.9. The van der Waals surface area contributed by atoms with E-state index in [0.29, 0.717) is 35.9 Å². The predicted molar refractivity (Wildman–Crippen MR) is 82.1 cm³/mol. The molecule has 0 bridgehead atoms. The van der Waals surface area contributed by atoms with Gasteiger partial charge >= 0.3 is 5.69 Å². The van der Waals surface area contributed by atoms with Gasteiger partial charge in [0.1, 0.15) is 17.3 Å². The molecule has 8 heteroatoms. The van der Waals surface area contributed by atoms with Gasteiger partial charge in [-0.05, 0) is 38.0 Å². The summed E-state index contributed by atoms with van der Waals surface area (Å²) < 4.78 is 20.7. The molecule has 0 saturated carbocycles. The Morgan fingerprint density at radius 3 is 3.04 bits per heavy atom. The highest BCUT2D eigenvalue weighted by molar-refractivity contribution is 5.61. The van der Waals surface area contributed by atoms with E-state index in [2.05, 4.69) is 10.4 Å². The predicted octanol–water partition coefficient (Wildman–Crippen LogP) is 3.10. The molecule has 0 amide bonds. The van der Waals surface area contributed by atoms with E-state index >= 15 is 0 Å². The Labute approximate surface area is 132 Å². The molecule has 3 rings (SSSR count). The zero-order chi connectivity index (χ0) is 16.6. The van der Waals surface area contributed by atoms with Crippen LogP contribution in [0.3, 0.4) is 0 Å². The topological polar surface area (TPSA) is 82.2 Å². The average Bonchev–Trinajstić information content (AvgIpc) is 2.66. The van der Waals surface area contributed by atoms with Crippen LogP contribution < -0.4 is 10.1 Å². The van der Waals surface area contributed by atoms with Gasteiger partial charge in [0.25, 0.3) is 0 Å². The van der Waals surface area contributed by atoms with Crippen molar-refractivity contribution in [1.82, 2.24) is 9.78 Å². The second-order valence-electron chi connectivity index (χ2n) is 5.53. The number of anilines is 1. The fraction of sp³-hybridized carbons (Fsp3) is 0.400. The second-order valence-corrected chi connectivity index (χ2v) is 5.53. The maximum atomic E-state index is 13.6. The van der Waals surface area contributed by atoms with Gasteiger partial charge in [-0.25, -0.2) is 9.07 Å². The van der Waals surface area contributed by atoms with Crippen LogP contribution >= 0.6 is 0 Å². The summed E-state index contributed by atoms with van der Waals surface area (Å²) in [5.74, 6) is 0.550. The normalized spacial score (nSPS) is 17.1. The lowest BCUT2D eigenvalue weighted by atomic mass is 10.0. The maximum Gasteiger partial charge on any atom is 0.333 e. The minimum absolute atomic E-state index is 0.0596. The summed E-state index contributed by atoms with van der Waals surface area (Å²) in [5.41, 5.74) is 0.940. The van der Waals surface area contributed by atoms with Crippen molar-refractivity contribution in [2.75, 3.05) is 11.9 Å². The lowest BCUT2D eigenvalue weighted by Gasteiger charge is -2.19. The first-order valence-corrected chi connectivity index (χ1v) is 7.34. The van der Waals surface area contributed by atoms with Crippen molar-refractivity contribution in [3.05, 3.63) is 45.4 Å². The molecule has 1 aliphatic heterocycles. The average molecular weight is 320 g/mol. The number of rotatable bonds is 3. The van der Waals surface area contributed by atoms with E-state index in [0.717, 1.165) is 6.42 Å². The van der Waals surface area contributed by atoms with Crippen LogP contribution in [-0.2, 0) is 7.05 Å². The highest BCUT2D eigenvalue weighted by atomic mass is 19.1. The summed E-state index contributed by atoms with van der Waals surface area (Å²) in [4.78, 5) is 10.8. The Morgan fingerprint density at radius 2 is 2.30 bits per heavy atom. The number of aryl methyl sites for hydroxylation is 2. The molecule has 2 heterocycles. The quantitative estimate of drug-likeness (QED) is 0.694. The van der Waals surface area contributed by atoms with Gasteiger partial charge in [-0.1, -0.05) is 0 Å². The van der Waals surface area contributed by atoms with Crippen LogP contribution in [0.4, 0.5) is 15.9 Å². The van der Waals surface area contributed by atoms with Gasteiger partial charge in [-0.3, -0.25) is 10.1 Å². The SMILES string of the molecule is Cc1nn(C)c(N[C@@H]2CCCOc3ccc(F)cc32)c1[N+](=O)[O-]. The third-order valence-electron chi connectivity index (χ3n) is 3.93. The standard InChI is InChI=1S/C15H17FN4O3/c1-9-14(20(21)22)15(19(2)18-9)17-12-4-3-7-23-13-6-5-10(16)8-11(12)13/h5-6,8,12,17H,3-4,7H2,1-2H3/t12-/m1/s1. The molecule has 0 fully saturated rings. The Bertz CT molecular complexity index is 759. The number of halogens is 1. The molecule has 0 aliphatic carbocycles. The van der Waals surface area contributed by atoms with Crippen LogP contribution in [0.2, 0.25) is 0 Å². The Morgan fingerprint density at radius 1 is 1.52 bits per heavy atom. The van der Waals surface area contributed by atoms with Crippen LogP contribution in [0.15, 0.2) is 18.2 Å². The third kappa shape index (κ3) is 2.84. The van der Waals surface area contributed by atoms with Gasteiger partial charge in [0, 0.05) is 12.6 Å². The summed E-state index contributed by atoms with van der Waals surface area (Å²) in [5, 5.41) is 18.6. The minimum atomic E-state index is -0.454. The van der Waals surface area contributed by atoms with Crippen LogP contribution in [0.5, 0.6) is 5.75 Å². The molecule has 1 aromatic heterocycles. The van der Waals surface area contributed by atoms with Crippen LogP contribution in [0.1, 0.15) is 30.1 Å². The highest BCUT2D eigenvalue weighted by Crippen LogP contribution is 2.37. The summed E-state index contributed by atoms with van der Waals surface area (Å²) in [6.45, 7) is 2.12. The number of nitro groups is 1. The number of hydrogen-bond donors (Lipinski definition) is 1. The van der Waals surface area contributed by atoms with Crippen LogP contribution in [0.25, 0.3) is 0 Å². The van der Waals surface area contributed by atoms with Crippen molar-refractivity contribution in [2.24, 2.45) is 7.05 Å². The van der Waals surface area contributed by atoms with E-state index in [-0.39, 0.29) is 17.5 Å². The Hall–Kier alpha value is -2.64. The Kier molecular flexibility index (Phi) is 3.89. The fourth-order valence-corrected chi connectivity index (χ4v) is 2.89. The van der Waals surface area contributed by atoms with E-state index in [1.165, 1.54) is 16.8 Å². The highest BCUT2D eigenvalue weighted by Gasteiger charge is 2.28. The molecule has 2 aromatic rings. The monoisotopic (exact) mass is 320 g/mol. The summed E-state index contributed by atoms with van der Waals surface area (Å²) >= 11 is 0. The first kappa shape index (κ1) is 15.3. The first-order valence-electron chi connectivity index (χ1n) is 7.34. The van der Waals surface area contributed by atoms with E-state index < -0.39 is 4.92 Å². The lowest BCUT2D eigenvalue weighted by Crippen LogP contribution is -2.14. The first-order chi connectivity index (χ1) is 11.0. The van der Waals surface area contributed by atoms with E-state index in [4.69, 9.17) is 4.74 Å². The van der Waals surface area contributed by atoms with Crippen LogP contribution in [0, 0.1) is 22.9 Å². The molecule has 0 unspecified atom stereocenters. The molecule has 0 spiro atoms. The molecule has 0 saturated heterocycles. The number of benzene rings is 1. The van der Waals surface area contributed by atoms with Gasteiger partial charge < -0.3 is 10.1 Å². The number of hydrogen-bond acceptors (Lipinski definition) is 5. The smallest absolute Gasteiger partial charge is 0.333 e. The Balaban J connectivity index is 2.01. The number of nitrogens with one attached hydrogen (secondary N) is 1. The van der Waals surface area contributed by atoms with Gasteiger partial charge in [0.2, 0.25) is 5.82 Å². The summed E-state index contributed by atoms with van der Waals surface area (Å²) in [6, 6.07) is 4.07. The lowest BCUT2D eigenvalue weighted by molar-refractivity contribution is -0.384. The summed E-state index contributed by atoms with van der Waals surface area (Å²) in [6.07, 6.45) is 1.44. The molecule has 1 aromatic carbocycles. The van der Waals surface area contributed by atoms with Gasteiger partial charge in [0.15, 0.2) is 0 Å². The summed E-state index contributed by atoms with van der Waals surface area (Å²) in [7, 11) is 1.64. The van der Waals surface area contributed by atoms with E-state index in [1.807, 2.05) is 0 Å². The molecule has 1 N–H and O–H groups in total. The second kappa shape index (κ2) is 5.86. The van der Waals surface area contributed by atoms with E-state index in [9.17, 15) is 14.5 Å². The zero-order valence-electron chi connectivity index (χ0n) is 12.9. The van der Waals surface area contributed by atoms with Gasteiger partial charge in [0.05, 0.1) is 17.6 Å². The number of aromatic nitrogens is 2. The minimum Gasteiger partial charge on any atom is -0.493 e. The molecule has 23 heavy (non-hydrogen) atoms. The number of nitrogens with zero attached hydrogens (tertiary/aromatic N) is 3. The third-order valence-corrected chi connectivity index (χ3v) is 3.93. The van der Waals surface area contributed by atoms with Crippen molar-refractivity contribution in [1.29, 1.82) is 0 Å². The maximum absolute atomic E-state index is 13.6. The molecular weight excluding hydrogens is 303 g/mol. The molecule has 122 valence electrons. The van der Waals surface area contributed by atoms with Gasteiger partial charge in [-0.2, -0.15) is 5.10 Å². The van der Waals surface area contributed by atoms with Gasteiger partial charge in [-0.15, -0.1) is 0 Å². The van der Waals surface area contributed by atoms with Crippen molar-refractivity contribution in [3.8, 4) is 5.75 Å². The molecular formula is C15H17FN4O3. The van der Waals surface area contributed by atoms with Crippen molar-refractivity contribution in [3.63, 3.8) is 0 Å². The number of fused-ring (bicyclic) bond motifs is 1. The molecule has 0 radical (unpaired) electrons. The molecule has 1 atom stereocenters. The molecule has 7 nitrogen and oxygen atoms in total. The largest absolute Gasteiger partial charge is 0.493 e. The van der Waals surface area contributed by atoms with Crippen LogP contribution in [-0.4, -0.2) is 21.3 Å².